The van der Waals surface area contributed by atoms with Gasteiger partial charge in [-0.1, -0.05) is 20.8 Å². The molecule has 0 aromatic heterocycles. The van der Waals surface area contributed by atoms with E-state index in [0.717, 1.165) is 31.8 Å². The summed E-state index contributed by atoms with van der Waals surface area (Å²) in [6, 6.07) is 0. The SMILES string of the molecule is CC1CCC(=O)OC1.CC1CCC(C)(O)OC1.CC1CCC(C)OC1.[CH3-].[Li+]. The Kier molecular flexibility index (Phi) is 16.1. The molecule has 156 valence electrons. The Morgan fingerprint density at radius 2 is 1.52 bits per heavy atom. The van der Waals surface area contributed by atoms with Crippen LogP contribution in [0.1, 0.15) is 73.1 Å². The van der Waals surface area contributed by atoms with Crippen molar-refractivity contribution in [3.63, 3.8) is 0 Å². The molecule has 3 rings (SSSR count). The Morgan fingerprint density at radius 1 is 0.926 bits per heavy atom. The molecule has 3 fully saturated rings. The summed E-state index contributed by atoms with van der Waals surface area (Å²) >= 11 is 0. The predicted octanol–water partition coefficient (Wildman–Crippen LogP) is 1.38. The van der Waals surface area contributed by atoms with E-state index in [1.54, 1.807) is 6.92 Å². The van der Waals surface area contributed by atoms with Crippen molar-refractivity contribution in [2.24, 2.45) is 17.8 Å². The van der Waals surface area contributed by atoms with Gasteiger partial charge in [-0.05, 0) is 57.3 Å². The minimum Gasteiger partial charge on any atom is -0.465 e. The molecule has 5 unspecified atom stereocenters. The van der Waals surface area contributed by atoms with E-state index in [1.165, 1.54) is 12.8 Å². The summed E-state index contributed by atoms with van der Waals surface area (Å²) in [6.07, 6.45) is 6.58. The molecule has 27 heavy (non-hydrogen) atoms. The molecule has 0 saturated carbocycles. The molecule has 3 aliphatic heterocycles. The van der Waals surface area contributed by atoms with Crippen LogP contribution in [0.3, 0.4) is 0 Å². The van der Waals surface area contributed by atoms with Gasteiger partial charge in [0.1, 0.15) is 0 Å². The van der Waals surface area contributed by atoms with Crippen LogP contribution < -0.4 is 18.9 Å². The molecule has 0 aromatic rings. The maximum atomic E-state index is 10.4. The first-order valence-electron chi connectivity index (χ1n) is 9.81. The summed E-state index contributed by atoms with van der Waals surface area (Å²) in [6.45, 7) is 12.6. The zero-order chi connectivity index (χ0) is 18.9. The molecule has 0 aliphatic carbocycles. The molecule has 0 radical (unpaired) electrons. The van der Waals surface area contributed by atoms with Crippen molar-refractivity contribution in [2.75, 3.05) is 19.8 Å². The van der Waals surface area contributed by atoms with Gasteiger partial charge in [0.2, 0.25) is 0 Å². The number of cyclic esters (lactones) is 1. The van der Waals surface area contributed by atoms with E-state index in [2.05, 4.69) is 27.7 Å². The first-order chi connectivity index (χ1) is 11.7. The Balaban J connectivity index is 0. The number of rotatable bonds is 0. The van der Waals surface area contributed by atoms with Crippen molar-refractivity contribution >= 4 is 5.97 Å². The monoisotopic (exact) mass is 380 g/mol. The fourth-order valence-electron chi connectivity index (χ4n) is 2.76. The number of ether oxygens (including phenoxy) is 3. The second kappa shape index (κ2) is 14.9. The number of aliphatic hydroxyl groups is 1. The summed E-state index contributed by atoms with van der Waals surface area (Å²) < 4.78 is 15.3. The standard InChI is InChI=1S/C7H14O2.C7H14O.C6H10O2.CH3.Li/c1-6-3-4-7(2,8)9-5-6;1-6-3-4-7(2)8-5-6;1-5-2-3-6(7)8-4-5;;/h6,8H,3-5H2,1-2H3;6-7H,3-5H2,1-2H3;5H,2-4H2,1H3;1H3;/q;;;-1;+1. The van der Waals surface area contributed by atoms with Crippen LogP contribution in [-0.2, 0) is 19.0 Å². The van der Waals surface area contributed by atoms with Gasteiger partial charge in [0.05, 0.1) is 19.3 Å². The van der Waals surface area contributed by atoms with Gasteiger partial charge in [-0.3, -0.25) is 4.79 Å². The molecule has 6 heteroatoms. The van der Waals surface area contributed by atoms with E-state index in [4.69, 9.17) is 14.2 Å². The second-order valence-corrected chi connectivity index (χ2v) is 8.28. The number of carbonyl (C=O) groups is 1. The fraction of sp³-hybridized carbons (Fsp3) is 0.905. The van der Waals surface area contributed by atoms with Crippen molar-refractivity contribution in [3.05, 3.63) is 7.43 Å². The Bertz CT molecular complexity index is 351. The second-order valence-electron chi connectivity index (χ2n) is 8.28. The molecule has 0 aromatic carbocycles. The van der Waals surface area contributed by atoms with Gasteiger partial charge in [-0.15, -0.1) is 0 Å². The van der Waals surface area contributed by atoms with Crippen LogP contribution in [0, 0.1) is 25.2 Å². The number of hydrogen-bond donors (Lipinski definition) is 1. The maximum Gasteiger partial charge on any atom is 1.00 e. The average Bonchev–Trinajstić information content (AvgIpc) is 2.57. The molecule has 5 atom stereocenters. The molecular weight excluding hydrogens is 339 g/mol. The van der Waals surface area contributed by atoms with Crippen LogP contribution in [0.15, 0.2) is 0 Å². The zero-order valence-electron chi connectivity index (χ0n) is 18.8. The van der Waals surface area contributed by atoms with Gasteiger partial charge in [0, 0.05) is 19.4 Å². The summed E-state index contributed by atoms with van der Waals surface area (Å²) in [7, 11) is 0. The van der Waals surface area contributed by atoms with E-state index in [-0.39, 0.29) is 32.3 Å². The Morgan fingerprint density at radius 3 is 1.85 bits per heavy atom. The fourth-order valence-corrected chi connectivity index (χ4v) is 2.76. The van der Waals surface area contributed by atoms with E-state index >= 15 is 0 Å². The molecule has 3 heterocycles. The maximum absolute atomic E-state index is 10.4. The van der Waals surface area contributed by atoms with Gasteiger partial charge in [0.15, 0.2) is 5.79 Å². The summed E-state index contributed by atoms with van der Waals surface area (Å²) in [5.41, 5.74) is 0. The summed E-state index contributed by atoms with van der Waals surface area (Å²) in [5.74, 6) is 1.11. The minimum atomic E-state index is -0.841. The largest absolute Gasteiger partial charge is 1.00 e. The van der Waals surface area contributed by atoms with E-state index in [0.29, 0.717) is 37.6 Å². The third-order valence-corrected chi connectivity index (χ3v) is 4.88. The Hall–Kier alpha value is -0.0526. The van der Waals surface area contributed by atoms with Gasteiger partial charge in [-0.25, -0.2) is 0 Å². The minimum absolute atomic E-state index is 0. The van der Waals surface area contributed by atoms with Crippen molar-refractivity contribution < 1.29 is 43.0 Å². The first kappa shape index (κ1) is 29.2. The predicted molar refractivity (Wildman–Crippen MR) is 105 cm³/mol. The van der Waals surface area contributed by atoms with Crippen molar-refractivity contribution in [1.29, 1.82) is 0 Å². The van der Waals surface area contributed by atoms with Crippen molar-refractivity contribution in [3.8, 4) is 0 Å². The van der Waals surface area contributed by atoms with E-state index < -0.39 is 5.79 Å². The summed E-state index contributed by atoms with van der Waals surface area (Å²) in [4.78, 5) is 10.4. The quantitative estimate of drug-likeness (QED) is 0.391. The molecule has 1 N–H and O–H groups in total. The molecule has 3 aliphatic rings. The zero-order valence-corrected chi connectivity index (χ0v) is 18.8. The van der Waals surface area contributed by atoms with E-state index in [9.17, 15) is 9.90 Å². The van der Waals surface area contributed by atoms with E-state index in [1.807, 2.05) is 0 Å². The molecule has 0 spiro atoms. The van der Waals surface area contributed by atoms with Crippen LogP contribution in [-0.4, -0.2) is 42.8 Å². The molecule has 5 nitrogen and oxygen atoms in total. The van der Waals surface area contributed by atoms with Crippen LogP contribution in [0.5, 0.6) is 0 Å². The van der Waals surface area contributed by atoms with Crippen LogP contribution >= 0.6 is 0 Å². The molecule has 0 bridgehead atoms. The average molecular weight is 380 g/mol. The van der Waals surface area contributed by atoms with Gasteiger partial charge in [-0.2, -0.15) is 0 Å². The van der Waals surface area contributed by atoms with Crippen molar-refractivity contribution in [1.82, 2.24) is 0 Å². The molecule has 3 saturated heterocycles. The summed E-state index contributed by atoms with van der Waals surface area (Å²) in [5, 5.41) is 9.27. The first-order valence-corrected chi connectivity index (χ1v) is 9.81. The third-order valence-electron chi connectivity index (χ3n) is 4.88. The van der Waals surface area contributed by atoms with Crippen LogP contribution in [0.25, 0.3) is 0 Å². The third kappa shape index (κ3) is 14.6. The molecule has 0 amide bonds. The molecular formula is C21H41LiO5. The van der Waals surface area contributed by atoms with Gasteiger partial charge >= 0.3 is 24.8 Å². The van der Waals surface area contributed by atoms with Gasteiger partial charge in [0.25, 0.3) is 0 Å². The Labute approximate surface area is 179 Å². The number of esters is 1. The van der Waals surface area contributed by atoms with Crippen LogP contribution in [0.2, 0.25) is 0 Å². The van der Waals surface area contributed by atoms with Crippen molar-refractivity contribution in [2.45, 2.75) is 85.0 Å². The number of hydrogen-bond acceptors (Lipinski definition) is 5. The normalized spacial score (nSPS) is 35.6. The topological polar surface area (TPSA) is 65.0 Å². The smallest absolute Gasteiger partial charge is 0.465 e. The number of carbonyl (C=O) groups excluding carboxylic acids is 1. The van der Waals surface area contributed by atoms with Crippen LogP contribution in [0.4, 0.5) is 0 Å². The van der Waals surface area contributed by atoms with Gasteiger partial charge < -0.3 is 26.7 Å².